The van der Waals surface area contributed by atoms with Crippen molar-refractivity contribution in [3.63, 3.8) is 0 Å². The van der Waals surface area contributed by atoms with Gasteiger partial charge in [0.15, 0.2) is 0 Å². The van der Waals surface area contributed by atoms with Crippen LogP contribution >= 0.6 is 0 Å². The van der Waals surface area contributed by atoms with E-state index >= 15 is 0 Å². The molecule has 0 heterocycles. The summed E-state index contributed by atoms with van der Waals surface area (Å²) in [5.74, 6) is 0. The van der Waals surface area contributed by atoms with Crippen molar-refractivity contribution < 1.29 is 70.9 Å². The van der Waals surface area contributed by atoms with Crippen molar-refractivity contribution >= 4 is 6.08 Å². The van der Waals surface area contributed by atoms with Gasteiger partial charge in [0.25, 0.3) is 0 Å². The smallest absolute Gasteiger partial charge is 1.00 e. The standard InChI is InChI=1S/C9H7.C5H5.Hf.2HI/c1-2-5-9-7-3-6-8(9)4-1;1-2-4-5-3-1;;;/h1-7H;1-3H,4H2;;2*1H/q;;+2;;/p-2. The molecule has 0 nitrogen and oxygen atoms in total. The first-order valence-corrected chi connectivity index (χ1v) is 9.20. The molecule has 0 fully saturated rings. The third kappa shape index (κ3) is 3.62. The minimum atomic E-state index is -0.658. The second-order valence-corrected chi connectivity index (χ2v) is 9.51. The summed E-state index contributed by atoms with van der Waals surface area (Å²) < 4.78 is 2.55. The SMILES string of the molecule is C1=CC[C]([Hf+2][CH]2C=Cc3ccccc32)=C1.[I-].[I-]. The molecule has 86 valence electrons. The quantitative estimate of drug-likeness (QED) is 0.261. The van der Waals surface area contributed by atoms with Crippen LogP contribution in [0, 0.1) is 0 Å². The van der Waals surface area contributed by atoms with Gasteiger partial charge in [-0.25, -0.2) is 0 Å². The molecule has 3 rings (SSSR count). The van der Waals surface area contributed by atoms with E-state index in [-0.39, 0.29) is 48.0 Å². The van der Waals surface area contributed by atoms with Gasteiger partial charge in [0.1, 0.15) is 0 Å². The first-order chi connectivity index (χ1) is 7.43. The maximum absolute atomic E-state index is 2.42. The third-order valence-corrected chi connectivity index (χ3v) is 8.50. The Balaban J connectivity index is 0.000000722. The number of allylic oxidation sites excluding steroid dienone is 5. The summed E-state index contributed by atoms with van der Waals surface area (Å²) in [5.41, 5.74) is 3.02. The van der Waals surface area contributed by atoms with E-state index < -0.39 is 22.9 Å². The van der Waals surface area contributed by atoms with Gasteiger partial charge in [-0.2, -0.15) is 0 Å². The zero-order chi connectivity index (χ0) is 10.1. The maximum atomic E-state index is 2.42. The molecule has 1 aromatic rings. The van der Waals surface area contributed by atoms with E-state index in [4.69, 9.17) is 0 Å². The van der Waals surface area contributed by atoms with Gasteiger partial charge < -0.3 is 48.0 Å². The molecule has 0 bridgehead atoms. The zero-order valence-corrected chi connectivity index (χ0v) is 17.1. The predicted octanol–water partition coefficient (Wildman–Crippen LogP) is -2.31. The van der Waals surface area contributed by atoms with Crippen molar-refractivity contribution in [2.75, 3.05) is 0 Å². The van der Waals surface area contributed by atoms with Crippen LogP contribution in [0.5, 0.6) is 0 Å². The van der Waals surface area contributed by atoms with Gasteiger partial charge in [-0.05, 0) is 0 Å². The van der Waals surface area contributed by atoms with Crippen molar-refractivity contribution in [2.45, 2.75) is 10.1 Å². The van der Waals surface area contributed by atoms with Crippen molar-refractivity contribution in [3.05, 3.63) is 63.0 Å². The van der Waals surface area contributed by atoms with Crippen LogP contribution in [-0.4, -0.2) is 0 Å². The summed E-state index contributed by atoms with van der Waals surface area (Å²) in [4.78, 5) is 0. The van der Waals surface area contributed by atoms with Crippen LogP contribution in [-0.2, 0) is 22.9 Å². The van der Waals surface area contributed by atoms with E-state index in [0.29, 0.717) is 0 Å². The normalized spacial score (nSPS) is 18.8. The molecule has 2 aliphatic rings. The monoisotopic (exact) mass is 614 g/mol. The minimum absolute atomic E-state index is 0. The average molecular weight is 613 g/mol. The second kappa shape index (κ2) is 7.38. The molecule has 2 aliphatic carbocycles. The number of halogens is 2. The molecular weight excluding hydrogens is 600 g/mol. The van der Waals surface area contributed by atoms with Gasteiger partial charge in [0.2, 0.25) is 0 Å². The fourth-order valence-corrected chi connectivity index (χ4v) is 7.30. The Morgan fingerprint density at radius 3 is 2.71 bits per heavy atom. The summed E-state index contributed by atoms with van der Waals surface area (Å²) in [5, 5.41) is 0. The first kappa shape index (κ1) is 15.8. The fraction of sp³-hybridized carbons (Fsp3) is 0.143. The number of benzene rings is 1. The molecule has 0 saturated heterocycles. The number of rotatable bonds is 2. The van der Waals surface area contributed by atoms with Gasteiger partial charge in [-0.1, -0.05) is 0 Å². The fourth-order valence-electron chi connectivity index (χ4n) is 2.13. The van der Waals surface area contributed by atoms with E-state index in [1.807, 2.05) is 0 Å². The topological polar surface area (TPSA) is 0 Å². The molecule has 0 N–H and O–H groups in total. The van der Waals surface area contributed by atoms with Gasteiger partial charge in [-0.3, -0.25) is 0 Å². The van der Waals surface area contributed by atoms with Crippen molar-refractivity contribution in [1.82, 2.24) is 0 Å². The summed E-state index contributed by atoms with van der Waals surface area (Å²) >= 11 is -0.658. The van der Waals surface area contributed by atoms with E-state index in [2.05, 4.69) is 54.6 Å². The molecule has 0 aromatic heterocycles. The van der Waals surface area contributed by atoms with Crippen LogP contribution in [0.4, 0.5) is 0 Å². The molecule has 1 atom stereocenters. The van der Waals surface area contributed by atoms with Crippen LogP contribution in [0.3, 0.4) is 0 Å². The van der Waals surface area contributed by atoms with Crippen LogP contribution in [0.25, 0.3) is 6.08 Å². The van der Waals surface area contributed by atoms with Crippen LogP contribution in [0.1, 0.15) is 21.2 Å². The van der Waals surface area contributed by atoms with Crippen LogP contribution < -0.4 is 48.0 Å². The Labute approximate surface area is 148 Å². The molecule has 0 radical (unpaired) electrons. The third-order valence-electron chi connectivity index (χ3n) is 2.91. The van der Waals surface area contributed by atoms with E-state index in [1.165, 1.54) is 12.0 Å². The molecule has 0 aliphatic heterocycles. The van der Waals surface area contributed by atoms with E-state index in [0.717, 1.165) is 3.67 Å². The van der Waals surface area contributed by atoms with Crippen LogP contribution in [0.15, 0.2) is 51.9 Å². The Morgan fingerprint density at radius 1 is 1.12 bits per heavy atom. The number of fused-ring (bicyclic) bond motifs is 1. The molecule has 17 heavy (non-hydrogen) atoms. The number of hydrogen-bond acceptors (Lipinski definition) is 0. The van der Waals surface area contributed by atoms with Crippen molar-refractivity contribution in [1.29, 1.82) is 0 Å². The predicted molar refractivity (Wildman–Crippen MR) is 60.1 cm³/mol. The van der Waals surface area contributed by atoms with Gasteiger partial charge in [0.05, 0.1) is 0 Å². The Hall–Kier alpha value is 0.770. The molecule has 1 aromatic carbocycles. The van der Waals surface area contributed by atoms with Crippen molar-refractivity contribution in [3.8, 4) is 0 Å². The van der Waals surface area contributed by atoms with E-state index in [1.54, 1.807) is 8.89 Å². The summed E-state index contributed by atoms with van der Waals surface area (Å²) in [7, 11) is 0. The summed E-state index contributed by atoms with van der Waals surface area (Å²) in [6.45, 7) is 0. The summed E-state index contributed by atoms with van der Waals surface area (Å²) in [6, 6.07) is 8.84. The molecule has 0 saturated carbocycles. The van der Waals surface area contributed by atoms with Gasteiger partial charge >= 0.3 is 102 Å². The molecule has 0 amide bonds. The van der Waals surface area contributed by atoms with Crippen LogP contribution in [0.2, 0.25) is 0 Å². The Bertz CT molecular complexity index is 475. The Kier molecular flexibility index (Phi) is 6.87. The Morgan fingerprint density at radius 2 is 1.94 bits per heavy atom. The molecular formula is C14H12HfI2. The second-order valence-electron chi connectivity index (χ2n) is 3.93. The average Bonchev–Trinajstić information content (AvgIpc) is 2.89. The zero-order valence-electron chi connectivity index (χ0n) is 9.24. The van der Waals surface area contributed by atoms with Gasteiger partial charge in [0, 0.05) is 0 Å². The number of hydrogen-bond donors (Lipinski definition) is 0. The van der Waals surface area contributed by atoms with Crippen molar-refractivity contribution in [2.24, 2.45) is 0 Å². The maximum Gasteiger partial charge on any atom is -1.00 e. The molecule has 3 heteroatoms. The minimum Gasteiger partial charge on any atom is -1.00 e. The molecule has 0 spiro atoms. The molecule has 1 unspecified atom stereocenters. The summed E-state index contributed by atoms with van der Waals surface area (Å²) in [6.07, 6.45) is 12.8. The van der Waals surface area contributed by atoms with Gasteiger partial charge in [-0.15, -0.1) is 0 Å². The largest absolute Gasteiger partial charge is 1.00 e. The van der Waals surface area contributed by atoms with E-state index in [9.17, 15) is 0 Å². The first-order valence-electron chi connectivity index (χ1n) is 5.33.